The molecule has 0 atom stereocenters. The fourth-order valence-corrected chi connectivity index (χ4v) is 4.47. The molecule has 0 saturated heterocycles. The summed E-state index contributed by atoms with van der Waals surface area (Å²) in [5, 5.41) is 2.25. The molecule has 3 aromatic carbocycles. The Bertz CT molecular complexity index is 1130. The number of carbonyl (C=O) groups is 1. The highest BCUT2D eigenvalue weighted by Gasteiger charge is 2.23. The lowest BCUT2D eigenvalue weighted by Crippen LogP contribution is -2.10. The summed E-state index contributed by atoms with van der Waals surface area (Å²) in [6.45, 7) is 0. The molecular formula is C25H21NO. The van der Waals surface area contributed by atoms with Crippen molar-refractivity contribution in [3.05, 3.63) is 94.6 Å². The molecule has 0 amide bonds. The fourth-order valence-electron chi connectivity index (χ4n) is 4.47. The van der Waals surface area contributed by atoms with E-state index in [0.29, 0.717) is 11.3 Å². The van der Waals surface area contributed by atoms with Crippen LogP contribution in [0, 0.1) is 0 Å². The molecule has 0 radical (unpaired) electrons. The van der Waals surface area contributed by atoms with Gasteiger partial charge in [0.05, 0.1) is 0 Å². The molecule has 0 saturated carbocycles. The Hall–Kier alpha value is -3.13. The number of carbonyl (C=O) groups excluding carboxylic acids is 1. The molecule has 27 heavy (non-hydrogen) atoms. The highest BCUT2D eigenvalue weighted by molar-refractivity contribution is 6.17. The molecule has 0 bridgehead atoms. The molecule has 0 fully saturated rings. The van der Waals surface area contributed by atoms with E-state index >= 15 is 0 Å². The first-order chi connectivity index (χ1) is 13.2. The van der Waals surface area contributed by atoms with Crippen molar-refractivity contribution in [1.82, 2.24) is 0 Å². The minimum atomic E-state index is 0.0629. The van der Waals surface area contributed by atoms with Crippen LogP contribution in [0.1, 0.15) is 46.3 Å². The first-order valence-electron chi connectivity index (χ1n) is 9.56. The van der Waals surface area contributed by atoms with Crippen molar-refractivity contribution in [2.24, 2.45) is 0 Å². The van der Waals surface area contributed by atoms with Crippen LogP contribution < -0.4 is 5.73 Å². The van der Waals surface area contributed by atoms with E-state index in [9.17, 15) is 4.79 Å². The summed E-state index contributed by atoms with van der Waals surface area (Å²) in [7, 11) is 0. The molecule has 2 N–H and O–H groups in total. The molecule has 5 rings (SSSR count). The molecular weight excluding hydrogens is 330 g/mol. The Morgan fingerprint density at radius 1 is 0.889 bits per heavy atom. The van der Waals surface area contributed by atoms with Crippen LogP contribution in [0.3, 0.4) is 0 Å². The molecule has 2 nitrogen and oxygen atoms in total. The van der Waals surface area contributed by atoms with Crippen LogP contribution in [0.15, 0.2) is 72.3 Å². The van der Waals surface area contributed by atoms with Crippen molar-refractivity contribution in [2.75, 3.05) is 5.73 Å². The summed E-state index contributed by atoms with van der Waals surface area (Å²) >= 11 is 0. The van der Waals surface area contributed by atoms with Crippen molar-refractivity contribution in [2.45, 2.75) is 25.7 Å². The van der Waals surface area contributed by atoms with E-state index in [4.69, 9.17) is 5.73 Å². The van der Waals surface area contributed by atoms with E-state index in [1.54, 1.807) is 17.7 Å². The molecule has 132 valence electrons. The van der Waals surface area contributed by atoms with Crippen LogP contribution in [-0.2, 0) is 6.42 Å². The average Bonchev–Trinajstić information content (AvgIpc) is 2.73. The van der Waals surface area contributed by atoms with Gasteiger partial charge in [-0.25, -0.2) is 0 Å². The quantitative estimate of drug-likeness (QED) is 0.475. The van der Waals surface area contributed by atoms with Crippen molar-refractivity contribution in [3.8, 4) is 0 Å². The number of fused-ring (bicyclic) bond motifs is 4. The lowest BCUT2D eigenvalue weighted by Gasteiger charge is -2.26. The van der Waals surface area contributed by atoms with Crippen LogP contribution in [-0.4, -0.2) is 5.78 Å². The number of anilines is 1. The van der Waals surface area contributed by atoms with Gasteiger partial charge >= 0.3 is 0 Å². The zero-order valence-electron chi connectivity index (χ0n) is 15.2. The highest BCUT2D eigenvalue weighted by atomic mass is 16.1. The van der Waals surface area contributed by atoms with Crippen molar-refractivity contribution < 1.29 is 4.79 Å². The fraction of sp³-hybridized carbons (Fsp3) is 0.160. The second-order valence-electron chi connectivity index (χ2n) is 7.40. The normalized spacial score (nSPS) is 15.6. The number of aryl methyl sites for hydroxylation is 1. The molecule has 0 heterocycles. The van der Waals surface area contributed by atoms with Gasteiger partial charge in [-0.05, 0) is 77.4 Å². The summed E-state index contributed by atoms with van der Waals surface area (Å²) in [5.41, 5.74) is 13.5. The standard InChI is InChI=1S/C25H21NO/c26-19-12-8-18(9-13-19)25(27)23-7-3-5-17-11-14-21-20-6-2-1-4-16(20)10-15-22(21)24(17)23/h2-3,5-9,11-14H,1,4,10,15,26H2. The number of hydrogen-bond donors (Lipinski definition) is 1. The van der Waals surface area contributed by atoms with Gasteiger partial charge in [0, 0.05) is 16.8 Å². The van der Waals surface area contributed by atoms with Crippen molar-refractivity contribution in [1.29, 1.82) is 0 Å². The van der Waals surface area contributed by atoms with Crippen LogP contribution in [0.2, 0.25) is 0 Å². The molecule has 0 aromatic heterocycles. The second kappa shape index (κ2) is 6.24. The minimum Gasteiger partial charge on any atom is -0.399 e. The summed E-state index contributed by atoms with van der Waals surface area (Å²) in [4.78, 5) is 13.3. The Morgan fingerprint density at radius 3 is 2.59 bits per heavy atom. The smallest absolute Gasteiger partial charge is 0.193 e. The second-order valence-corrected chi connectivity index (χ2v) is 7.40. The Labute approximate surface area is 159 Å². The molecule has 0 spiro atoms. The number of allylic oxidation sites excluding steroid dienone is 4. The maximum Gasteiger partial charge on any atom is 0.193 e. The Morgan fingerprint density at radius 2 is 1.74 bits per heavy atom. The molecule has 3 aromatic rings. The van der Waals surface area contributed by atoms with Crippen molar-refractivity contribution >= 4 is 27.8 Å². The van der Waals surface area contributed by atoms with Gasteiger partial charge in [-0.2, -0.15) is 0 Å². The zero-order chi connectivity index (χ0) is 18.4. The average molecular weight is 351 g/mol. The number of benzene rings is 3. The number of rotatable bonds is 2. The topological polar surface area (TPSA) is 43.1 Å². The van der Waals surface area contributed by atoms with Crippen LogP contribution >= 0.6 is 0 Å². The Balaban J connectivity index is 1.73. The molecule has 0 unspecified atom stereocenters. The first kappa shape index (κ1) is 16.1. The van der Waals surface area contributed by atoms with E-state index in [-0.39, 0.29) is 5.78 Å². The molecule has 0 aliphatic heterocycles. The third-order valence-electron chi connectivity index (χ3n) is 5.82. The lowest BCUT2D eigenvalue weighted by atomic mass is 9.78. The van der Waals surface area contributed by atoms with Gasteiger partial charge in [-0.1, -0.05) is 48.1 Å². The summed E-state index contributed by atoms with van der Waals surface area (Å²) < 4.78 is 0. The maximum atomic E-state index is 13.3. The Kier molecular flexibility index (Phi) is 3.71. The van der Waals surface area contributed by atoms with Gasteiger partial charge in [-0.15, -0.1) is 0 Å². The summed E-state index contributed by atoms with van der Waals surface area (Å²) in [6.07, 6.45) is 8.94. The van der Waals surface area contributed by atoms with E-state index in [2.05, 4.69) is 30.4 Å². The summed E-state index contributed by atoms with van der Waals surface area (Å²) in [5.74, 6) is 0.0629. The van der Waals surface area contributed by atoms with Gasteiger partial charge in [0.2, 0.25) is 0 Å². The van der Waals surface area contributed by atoms with Gasteiger partial charge in [0.1, 0.15) is 0 Å². The molecule has 2 aliphatic rings. The van der Waals surface area contributed by atoms with Gasteiger partial charge < -0.3 is 5.73 Å². The maximum absolute atomic E-state index is 13.3. The zero-order valence-corrected chi connectivity index (χ0v) is 15.2. The van der Waals surface area contributed by atoms with E-state index in [1.165, 1.54) is 16.7 Å². The SMILES string of the molecule is Nc1ccc(C(=O)c2cccc3ccc4c(c23)CCC2=C4C=CCC2)cc1. The van der Waals surface area contributed by atoms with E-state index in [1.807, 2.05) is 24.3 Å². The number of nitrogens with two attached hydrogens (primary N) is 1. The number of nitrogen functional groups attached to an aromatic ring is 1. The first-order valence-corrected chi connectivity index (χ1v) is 9.56. The van der Waals surface area contributed by atoms with Crippen LogP contribution in [0.5, 0.6) is 0 Å². The number of ketones is 1. The minimum absolute atomic E-state index is 0.0629. The predicted octanol–water partition coefficient (Wildman–Crippen LogP) is 5.70. The monoisotopic (exact) mass is 351 g/mol. The third-order valence-corrected chi connectivity index (χ3v) is 5.82. The predicted molar refractivity (Wildman–Crippen MR) is 112 cm³/mol. The third kappa shape index (κ3) is 2.60. The molecule has 2 heteroatoms. The van der Waals surface area contributed by atoms with Crippen LogP contribution in [0.25, 0.3) is 16.3 Å². The van der Waals surface area contributed by atoms with Crippen LogP contribution in [0.4, 0.5) is 5.69 Å². The summed E-state index contributed by atoms with van der Waals surface area (Å²) in [6, 6.07) is 17.7. The van der Waals surface area contributed by atoms with Gasteiger partial charge in [0.25, 0.3) is 0 Å². The lowest BCUT2D eigenvalue weighted by molar-refractivity contribution is 0.104. The van der Waals surface area contributed by atoms with Gasteiger partial charge in [0.15, 0.2) is 5.78 Å². The largest absolute Gasteiger partial charge is 0.399 e. The van der Waals surface area contributed by atoms with Crippen molar-refractivity contribution in [3.63, 3.8) is 0 Å². The number of hydrogen-bond acceptors (Lipinski definition) is 2. The highest BCUT2D eigenvalue weighted by Crippen LogP contribution is 2.41. The van der Waals surface area contributed by atoms with Gasteiger partial charge in [-0.3, -0.25) is 4.79 Å². The van der Waals surface area contributed by atoms with E-state index in [0.717, 1.165) is 42.0 Å². The molecule has 2 aliphatic carbocycles. The van der Waals surface area contributed by atoms with E-state index < -0.39 is 0 Å².